The zero-order valence-electron chi connectivity index (χ0n) is 17.3. The maximum Gasteiger partial charge on any atom is 0.289 e. The van der Waals surface area contributed by atoms with Gasteiger partial charge in [-0.1, -0.05) is 0 Å². The fourth-order valence-electron chi connectivity index (χ4n) is 3.10. The average molecular weight is 420 g/mol. The number of hydrogen-bond acceptors (Lipinski definition) is 6. The lowest BCUT2D eigenvalue weighted by atomic mass is 10.3. The first-order chi connectivity index (χ1) is 14.1. The first-order valence-corrected chi connectivity index (χ1v) is 11.2. The van der Waals surface area contributed by atoms with Crippen molar-refractivity contribution < 1.29 is 9.21 Å². The van der Waals surface area contributed by atoms with E-state index in [-0.39, 0.29) is 5.91 Å². The lowest BCUT2D eigenvalue weighted by Crippen LogP contribution is -2.54. The highest BCUT2D eigenvalue weighted by molar-refractivity contribution is 7.98. The Morgan fingerprint density at radius 1 is 1.28 bits per heavy atom. The predicted octanol–water partition coefficient (Wildman–Crippen LogP) is 1.37. The van der Waals surface area contributed by atoms with Crippen molar-refractivity contribution >= 4 is 23.6 Å². The van der Waals surface area contributed by atoms with E-state index in [1.54, 1.807) is 12.1 Å². The van der Waals surface area contributed by atoms with Gasteiger partial charge in [0.15, 0.2) is 17.5 Å². The Morgan fingerprint density at radius 3 is 2.66 bits per heavy atom. The summed E-state index contributed by atoms with van der Waals surface area (Å²) >= 11 is 1.84. The molecule has 0 spiro atoms. The van der Waals surface area contributed by atoms with E-state index in [1.165, 1.54) is 6.26 Å². The summed E-state index contributed by atoms with van der Waals surface area (Å²) < 4.78 is 7.19. The number of guanidine groups is 1. The quantitative estimate of drug-likeness (QED) is 0.412. The third-order valence-electron chi connectivity index (χ3n) is 4.96. The molecule has 158 valence electrons. The molecule has 1 aliphatic rings. The minimum absolute atomic E-state index is 0.0596. The fourth-order valence-corrected chi connectivity index (χ4v) is 3.53. The molecule has 0 aliphatic carbocycles. The molecule has 0 saturated carbocycles. The minimum Gasteiger partial charge on any atom is -0.459 e. The van der Waals surface area contributed by atoms with Crippen molar-refractivity contribution in [3.8, 4) is 0 Å². The molecule has 3 rings (SSSR count). The van der Waals surface area contributed by atoms with E-state index in [0.29, 0.717) is 25.4 Å². The Labute approximate surface area is 175 Å². The molecular formula is C19H29N7O2S. The minimum atomic E-state index is -0.0596. The second kappa shape index (κ2) is 10.3. The van der Waals surface area contributed by atoms with Gasteiger partial charge in [-0.05, 0) is 37.5 Å². The van der Waals surface area contributed by atoms with Gasteiger partial charge in [0.1, 0.15) is 12.4 Å². The van der Waals surface area contributed by atoms with Crippen molar-refractivity contribution in [1.82, 2.24) is 29.9 Å². The summed E-state index contributed by atoms with van der Waals surface area (Å²) in [6, 6.07) is 3.44. The standard InChI is InChI=1S/C19H29N7O2S/c1-15-22-23-17(24(15)2)14-21-19(20-7-5-13-29-3)26-10-8-25(9-11-26)18(27)16-6-4-12-28-16/h4,6,12H,5,7-11,13-14H2,1-3H3,(H,20,21). The molecule has 0 aromatic carbocycles. The van der Waals surface area contributed by atoms with Gasteiger partial charge < -0.3 is 24.1 Å². The van der Waals surface area contributed by atoms with E-state index in [9.17, 15) is 4.79 Å². The van der Waals surface area contributed by atoms with Crippen molar-refractivity contribution in [2.75, 3.05) is 44.7 Å². The zero-order valence-corrected chi connectivity index (χ0v) is 18.1. The maximum atomic E-state index is 12.5. The highest BCUT2D eigenvalue weighted by Gasteiger charge is 2.25. The van der Waals surface area contributed by atoms with Crippen LogP contribution in [0.2, 0.25) is 0 Å². The molecule has 0 bridgehead atoms. The number of furan rings is 1. The van der Waals surface area contributed by atoms with Crippen LogP contribution < -0.4 is 5.32 Å². The first-order valence-electron chi connectivity index (χ1n) is 9.80. The Bertz CT molecular complexity index is 811. The van der Waals surface area contributed by atoms with Crippen molar-refractivity contribution in [3.63, 3.8) is 0 Å². The molecule has 1 N–H and O–H groups in total. The Kier molecular flexibility index (Phi) is 7.56. The molecule has 1 amide bonds. The summed E-state index contributed by atoms with van der Waals surface area (Å²) in [6.07, 6.45) is 4.71. The number of carbonyl (C=O) groups excluding carboxylic acids is 1. The van der Waals surface area contributed by atoms with Gasteiger partial charge in [0.05, 0.1) is 6.26 Å². The van der Waals surface area contributed by atoms with Crippen molar-refractivity contribution in [2.24, 2.45) is 12.0 Å². The molecule has 2 aromatic rings. The fraction of sp³-hybridized carbons (Fsp3) is 0.579. The number of hydrogen-bond donors (Lipinski definition) is 1. The highest BCUT2D eigenvalue weighted by Crippen LogP contribution is 2.10. The predicted molar refractivity (Wildman–Crippen MR) is 114 cm³/mol. The lowest BCUT2D eigenvalue weighted by molar-refractivity contribution is 0.0657. The molecular weight excluding hydrogens is 390 g/mol. The molecule has 0 radical (unpaired) electrons. The molecule has 0 unspecified atom stereocenters. The van der Waals surface area contributed by atoms with E-state index in [2.05, 4.69) is 26.7 Å². The van der Waals surface area contributed by atoms with Crippen molar-refractivity contribution in [2.45, 2.75) is 19.9 Å². The number of nitrogens with one attached hydrogen (secondary N) is 1. The number of rotatable bonds is 7. The third-order valence-corrected chi connectivity index (χ3v) is 5.66. The van der Waals surface area contributed by atoms with Crippen molar-refractivity contribution in [3.05, 3.63) is 35.8 Å². The number of nitrogens with zero attached hydrogens (tertiary/aromatic N) is 6. The summed E-state index contributed by atoms with van der Waals surface area (Å²) in [4.78, 5) is 21.3. The van der Waals surface area contributed by atoms with Crippen LogP contribution in [0.5, 0.6) is 0 Å². The average Bonchev–Trinajstić information content (AvgIpc) is 3.39. The van der Waals surface area contributed by atoms with Crippen LogP contribution in [0, 0.1) is 6.92 Å². The number of aryl methyl sites for hydroxylation is 1. The summed E-state index contributed by atoms with van der Waals surface area (Å²) in [5.41, 5.74) is 0. The third kappa shape index (κ3) is 5.53. The van der Waals surface area contributed by atoms with Gasteiger partial charge in [-0.25, -0.2) is 4.99 Å². The largest absolute Gasteiger partial charge is 0.459 e. The Hall–Kier alpha value is -2.49. The van der Waals surface area contributed by atoms with Gasteiger partial charge in [-0.3, -0.25) is 4.79 Å². The van der Waals surface area contributed by atoms with Crippen LogP contribution in [0.4, 0.5) is 0 Å². The molecule has 1 fully saturated rings. The molecule has 29 heavy (non-hydrogen) atoms. The van der Waals surface area contributed by atoms with Crippen LogP contribution in [-0.4, -0.2) is 81.2 Å². The molecule has 3 heterocycles. The van der Waals surface area contributed by atoms with Crippen LogP contribution in [0.15, 0.2) is 27.8 Å². The van der Waals surface area contributed by atoms with Crippen molar-refractivity contribution in [1.29, 1.82) is 0 Å². The second-order valence-corrected chi connectivity index (χ2v) is 7.88. The summed E-state index contributed by atoms with van der Waals surface area (Å²) in [7, 11) is 1.95. The van der Waals surface area contributed by atoms with E-state index in [4.69, 9.17) is 9.41 Å². The van der Waals surface area contributed by atoms with E-state index >= 15 is 0 Å². The Balaban J connectivity index is 1.62. The Morgan fingerprint density at radius 2 is 2.03 bits per heavy atom. The smallest absolute Gasteiger partial charge is 0.289 e. The summed E-state index contributed by atoms with van der Waals surface area (Å²) in [6.45, 7) is 5.97. The zero-order chi connectivity index (χ0) is 20.6. The monoisotopic (exact) mass is 419 g/mol. The highest BCUT2D eigenvalue weighted by atomic mass is 32.2. The number of thioether (sulfide) groups is 1. The number of aliphatic imine (C=N–C) groups is 1. The van der Waals surface area contributed by atoms with Gasteiger partial charge >= 0.3 is 0 Å². The first kappa shape index (κ1) is 21.2. The molecule has 2 aromatic heterocycles. The molecule has 0 atom stereocenters. The van der Waals surface area contributed by atoms with Crippen LogP contribution in [-0.2, 0) is 13.6 Å². The number of piperazine rings is 1. The SMILES string of the molecule is CSCCCNC(=NCc1nnc(C)n1C)N1CCN(C(=O)c2ccco2)CC1. The van der Waals surface area contributed by atoms with Gasteiger partial charge in [0.2, 0.25) is 0 Å². The van der Waals surface area contributed by atoms with Gasteiger partial charge in [-0.15, -0.1) is 10.2 Å². The normalized spacial score (nSPS) is 15.1. The summed E-state index contributed by atoms with van der Waals surface area (Å²) in [5, 5.41) is 11.8. The molecule has 10 heteroatoms. The van der Waals surface area contributed by atoms with Crippen LogP contribution in [0.1, 0.15) is 28.6 Å². The molecule has 1 aliphatic heterocycles. The molecule has 9 nitrogen and oxygen atoms in total. The van der Waals surface area contributed by atoms with Gasteiger partial charge in [0, 0.05) is 39.8 Å². The topological polar surface area (TPSA) is 91.8 Å². The number of carbonyl (C=O) groups is 1. The van der Waals surface area contributed by atoms with Crippen LogP contribution >= 0.6 is 11.8 Å². The maximum absolute atomic E-state index is 12.5. The number of aromatic nitrogens is 3. The van der Waals surface area contributed by atoms with Crippen LogP contribution in [0.25, 0.3) is 0 Å². The number of amides is 1. The van der Waals surface area contributed by atoms with Crippen LogP contribution in [0.3, 0.4) is 0 Å². The van der Waals surface area contributed by atoms with E-state index < -0.39 is 0 Å². The summed E-state index contributed by atoms with van der Waals surface area (Å²) in [5.74, 6) is 3.99. The van der Waals surface area contributed by atoms with Gasteiger partial charge in [0.25, 0.3) is 5.91 Å². The van der Waals surface area contributed by atoms with Gasteiger partial charge in [-0.2, -0.15) is 11.8 Å². The molecule has 1 saturated heterocycles. The van der Waals surface area contributed by atoms with E-state index in [1.807, 2.05) is 35.2 Å². The van der Waals surface area contributed by atoms with E-state index in [0.717, 1.165) is 49.4 Å². The second-order valence-electron chi connectivity index (χ2n) is 6.89. The lowest BCUT2D eigenvalue weighted by Gasteiger charge is -2.36.